The summed E-state index contributed by atoms with van der Waals surface area (Å²) in [5.41, 5.74) is 14.2. The molecule has 1 spiro atoms. The van der Waals surface area contributed by atoms with Gasteiger partial charge in [0.2, 0.25) is 0 Å². The molecule has 0 fully saturated rings. The Morgan fingerprint density at radius 2 is 0.885 bits per heavy atom. The molecule has 0 amide bonds. The quantitative estimate of drug-likeness (QED) is 0.188. The Morgan fingerprint density at radius 1 is 0.385 bits per heavy atom. The molecule has 4 nitrogen and oxygen atoms in total. The first-order chi connectivity index (χ1) is 25.8. The minimum Gasteiger partial charge on any atom is -0.456 e. The van der Waals surface area contributed by atoms with E-state index in [0.717, 1.165) is 44.5 Å². The zero-order valence-electron chi connectivity index (χ0n) is 28.0. The fourth-order valence-corrected chi connectivity index (χ4v) is 8.64. The third-order valence-corrected chi connectivity index (χ3v) is 10.7. The van der Waals surface area contributed by atoms with E-state index in [9.17, 15) is 0 Å². The highest BCUT2D eigenvalue weighted by atomic mass is 16.3. The van der Waals surface area contributed by atoms with Crippen LogP contribution in [0.4, 0.5) is 0 Å². The maximum Gasteiger partial charge on any atom is 0.164 e. The highest BCUT2D eigenvalue weighted by molar-refractivity contribution is 6.04. The van der Waals surface area contributed by atoms with Crippen molar-refractivity contribution >= 4 is 11.0 Å². The standard InChI is InChI=1S/C48H29N3O/c1-3-15-30(16-4-1)45-49-46(31-17-5-2-6-18-31)51-47(50-45)33-20-13-19-32(29-33)34-24-14-27-40-42(34)35-21-7-10-25-38(35)48(40)39-26-11-8-22-36(39)44-43(48)37-23-9-12-28-41(37)52-44/h1-29H. The summed E-state index contributed by atoms with van der Waals surface area (Å²) in [6.45, 7) is 0. The normalized spacial score (nSPS) is 15.0. The molecule has 0 saturated heterocycles. The van der Waals surface area contributed by atoms with Gasteiger partial charge >= 0.3 is 0 Å². The fraction of sp³-hybridized carbons (Fsp3) is 0.0208. The minimum absolute atomic E-state index is 0.512. The van der Waals surface area contributed by atoms with Gasteiger partial charge in [-0.15, -0.1) is 0 Å². The molecular formula is C48H29N3O. The summed E-state index contributed by atoms with van der Waals surface area (Å²) in [6, 6.07) is 61.8. The van der Waals surface area contributed by atoms with E-state index in [1.54, 1.807) is 0 Å². The second-order valence-corrected chi connectivity index (χ2v) is 13.5. The third kappa shape index (κ3) is 4.00. The number of fused-ring (bicyclic) bond motifs is 12. The van der Waals surface area contributed by atoms with Gasteiger partial charge in [0.1, 0.15) is 11.3 Å². The summed E-state index contributed by atoms with van der Waals surface area (Å²) in [5.74, 6) is 2.90. The van der Waals surface area contributed by atoms with Crippen LogP contribution in [0.25, 0.3) is 78.7 Å². The van der Waals surface area contributed by atoms with Gasteiger partial charge in [-0.1, -0.05) is 164 Å². The van der Waals surface area contributed by atoms with Gasteiger partial charge in [-0.25, -0.2) is 15.0 Å². The zero-order chi connectivity index (χ0) is 34.2. The Labute approximate surface area is 300 Å². The summed E-state index contributed by atoms with van der Waals surface area (Å²) < 4.78 is 6.70. The van der Waals surface area contributed by atoms with Crippen molar-refractivity contribution in [3.63, 3.8) is 0 Å². The molecule has 0 N–H and O–H groups in total. The van der Waals surface area contributed by atoms with Gasteiger partial charge in [0.25, 0.3) is 0 Å². The third-order valence-electron chi connectivity index (χ3n) is 10.7. The maximum absolute atomic E-state index is 6.70. The van der Waals surface area contributed by atoms with Crippen molar-refractivity contribution in [2.45, 2.75) is 5.41 Å². The lowest BCUT2D eigenvalue weighted by Gasteiger charge is -2.30. The molecule has 2 heterocycles. The largest absolute Gasteiger partial charge is 0.456 e. The van der Waals surface area contributed by atoms with Crippen molar-refractivity contribution in [2.24, 2.45) is 0 Å². The van der Waals surface area contributed by atoms with E-state index in [-0.39, 0.29) is 0 Å². The smallest absolute Gasteiger partial charge is 0.164 e. The first-order valence-corrected chi connectivity index (χ1v) is 17.6. The van der Waals surface area contributed by atoms with E-state index in [1.807, 2.05) is 60.7 Å². The lowest BCUT2D eigenvalue weighted by Crippen LogP contribution is -2.25. The number of hydrogen-bond acceptors (Lipinski definition) is 4. The van der Waals surface area contributed by atoms with Crippen LogP contribution >= 0.6 is 0 Å². The van der Waals surface area contributed by atoms with Crippen molar-refractivity contribution in [2.75, 3.05) is 0 Å². The molecule has 2 aromatic heterocycles. The predicted molar refractivity (Wildman–Crippen MR) is 208 cm³/mol. The molecule has 0 saturated carbocycles. The fourth-order valence-electron chi connectivity index (χ4n) is 8.64. The van der Waals surface area contributed by atoms with Crippen LogP contribution in [0.3, 0.4) is 0 Å². The van der Waals surface area contributed by atoms with Gasteiger partial charge < -0.3 is 4.42 Å². The van der Waals surface area contributed by atoms with Gasteiger partial charge in [-0.3, -0.25) is 0 Å². The predicted octanol–water partition coefficient (Wildman–Crippen LogP) is 11.6. The molecule has 0 bridgehead atoms. The van der Waals surface area contributed by atoms with Crippen LogP contribution in [0.2, 0.25) is 0 Å². The maximum atomic E-state index is 6.70. The van der Waals surface area contributed by atoms with Gasteiger partial charge in [0, 0.05) is 33.2 Å². The number of benzene rings is 7. The lowest BCUT2D eigenvalue weighted by molar-refractivity contribution is 0.628. The Balaban J connectivity index is 1.14. The number of furan rings is 1. The number of rotatable bonds is 4. The average Bonchev–Trinajstić information content (AvgIpc) is 3.85. The summed E-state index contributed by atoms with van der Waals surface area (Å²) in [5, 5.41) is 1.15. The minimum atomic E-state index is -0.512. The molecule has 1 unspecified atom stereocenters. The Kier molecular flexibility index (Phi) is 6.13. The zero-order valence-corrected chi connectivity index (χ0v) is 28.0. The van der Waals surface area contributed by atoms with Gasteiger partial charge in [0.05, 0.1) is 5.41 Å². The van der Waals surface area contributed by atoms with E-state index in [0.29, 0.717) is 17.5 Å². The highest BCUT2D eigenvalue weighted by Crippen LogP contribution is 2.65. The second kappa shape index (κ2) is 11.0. The first-order valence-electron chi connectivity index (χ1n) is 17.6. The van der Waals surface area contributed by atoms with Crippen LogP contribution in [0, 0.1) is 0 Å². The van der Waals surface area contributed by atoms with Crippen molar-refractivity contribution in [1.82, 2.24) is 15.0 Å². The van der Waals surface area contributed by atoms with Crippen LogP contribution in [-0.4, -0.2) is 15.0 Å². The molecule has 1 atom stereocenters. The van der Waals surface area contributed by atoms with E-state index in [1.165, 1.54) is 38.9 Å². The lowest BCUT2D eigenvalue weighted by atomic mass is 9.70. The van der Waals surface area contributed by atoms with E-state index in [2.05, 4.69) is 115 Å². The van der Waals surface area contributed by atoms with Crippen LogP contribution < -0.4 is 0 Å². The van der Waals surface area contributed by atoms with Crippen molar-refractivity contribution < 1.29 is 4.42 Å². The molecule has 2 aliphatic carbocycles. The first kappa shape index (κ1) is 28.9. The number of aromatic nitrogens is 3. The molecule has 0 aliphatic heterocycles. The summed E-state index contributed by atoms with van der Waals surface area (Å²) >= 11 is 0. The van der Waals surface area contributed by atoms with Crippen LogP contribution in [0.15, 0.2) is 180 Å². The monoisotopic (exact) mass is 663 g/mol. The second-order valence-electron chi connectivity index (χ2n) is 13.5. The van der Waals surface area contributed by atoms with E-state index < -0.39 is 5.41 Å². The molecule has 242 valence electrons. The number of nitrogens with zero attached hydrogens (tertiary/aromatic N) is 3. The van der Waals surface area contributed by atoms with Gasteiger partial charge in [0.15, 0.2) is 17.5 Å². The molecule has 4 heteroatoms. The summed E-state index contributed by atoms with van der Waals surface area (Å²) in [4.78, 5) is 15.0. The van der Waals surface area contributed by atoms with Crippen molar-refractivity contribution in [3.8, 4) is 67.7 Å². The molecule has 0 radical (unpaired) electrons. The molecule has 2 aliphatic rings. The Morgan fingerprint density at radius 3 is 1.62 bits per heavy atom. The molecule has 7 aromatic carbocycles. The van der Waals surface area contributed by atoms with Crippen LogP contribution in [0.1, 0.15) is 22.3 Å². The van der Waals surface area contributed by atoms with E-state index >= 15 is 0 Å². The van der Waals surface area contributed by atoms with Gasteiger partial charge in [-0.2, -0.15) is 0 Å². The SMILES string of the molecule is c1ccc(-c2nc(-c3ccccc3)nc(-c3cccc(-c4cccc5c4-c4ccccc4C54c5ccccc5-c5oc6ccccc6c54)c3)n2)cc1. The molecule has 11 rings (SSSR count). The molecule has 9 aromatic rings. The summed E-state index contributed by atoms with van der Waals surface area (Å²) in [6.07, 6.45) is 0. The topological polar surface area (TPSA) is 51.8 Å². The average molecular weight is 664 g/mol. The highest BCUT2D eigenvalue weighted by Gasteiger charge is 2.54. The molecular weight excluding hydrogens is 635 g/mol. The number of hydrogen-bond donors (Lipinski definition) is 0. The Bertz CT molecular complexity index is 2800. The van der Waals surface area contributed by atoms with Crippen LogP contribution in [-0.2, 0) is 5.41 Å². The Hall–Kier alpha value is -6.91. The number of para-hydroxylation sites is 1. The van der Waals surface area contributed by atoms with E-state index in [4.69, 9.17) is 19.4 Å². The van der Waals surface area contributed by atoms with Gasteiger partial charge in [-0.05, 0) is 51.1 Å². The van der Waals surface area contributed by atoms with Crippen molar-refractivity contribution in [3.05, 3.63) is 198 Å². The van der Waals surface area contributed by atoms with Crippen molar-refractivity contribution in [1.29, 1.82) is 0 Å². The van der Waals surface area contributed by atoms with Crippen LogP contribution in [0.5, 0.6) is 0 Å². The molecule has 52 heavy (non-hydrogen) atoms. The summed E-state index contributed by atoms with van der Waals surface area (Å²) in [7, 11) is 0.